The maximum atomic E-state index is 12.1. The van der Waals surface area contributed by atoms with Crippen molar-refractivity contribution in [2.75, 3.05) is 7.11 Å². The molecule has 0 N–H and O–H groups in total. The van der Waals surface area contributed by atoms with Crippen molar-refractivity contribution >= 4 is 5.97 Å². The van der Waals surface area contributed by atoms with Crippen molar-refractivity contribution < 1.29 is 13.9 Å². The molecule has 1 aromatic rings. The summed E-state index contributed by atoms with van der Waals surface area (Å²) < 4.78 is 16.4. The zero-order chi connectivity index (χ0) is 8.27. The quantitative estimate of drug-likeness (QED) is 0.552. The number of hydrogen-bond acceptors (Lipinski definition) is 4. The standard InChI is InChI=1S/C6H5FN2O2/c1-11-6(10)4-2-9-5(7)3-8-4/h2-3H,1H3. The van der Waals surface area contributed by atoms with Crippen molar-refractivity contribution in [3.8, 4) is 0 Å². The number of hydrogen-bond donors (Lipinski definition) is 0. The van der Waals surface area contributed by atoms with Crippen molar-refractivity contribution in [1.82, 2.24) is 9.97 Å². The third-order valence-electron chi connectivity index (χ3n) is 1.01. The molecule has 1 aromatic heterocycles. The molecule has 0 spiro atoms. The zero-order valence-corrected chi connectivity index (χ0v) is 5.74. The molecule has 0 aliphatic heterocycles. The van der Waals surface area contributed by atoms with E-state index in [0.29, 0.717) is 0 Å². The first-order chi connectivity index (χ1) is 5.24. The molecule has 4 nitrogen and oxygen atoms in total. The highest BCUT2D eigenvalue weighted by molar-refractivity contribution is 5.86. The van der Waals surface area contributed by atoms with E-state index < -0.39 is 11.9 Å². The van der Waals surface area contributed by atoms with Crippen LogP contribution in [-0.2, 0) is 4.74 Å². The van der Waals surface area contributed by atoms with E-state index in [9.17, 15) is 9.18 Å². The van der Waals surface area contributed by atoms with Crippen molar-refractivity contribution in [3.63, 3.8) is 0 Å². The van der Waals surface area contributed by atoms with Crippen LogP contribution in [0.3, 0.4) is 0 Å². The normalized spacial score (nSPS) is 9.27. The summed E-state index contributed by atoms with van der Waals surface area (Å²) in [6, 6.07) is 0. The Bertz CT molecular complexity index is 260. The predicted octanol–water partition coefficient (Wildman–Crippen LogP) is 0.402. The number of methoxy groups -OCH3 is 1. The zero-order valence-electron chi connectivity index (χ0n) is 5.74. The Morgan fingerprint density at radius 2 is 2.27 bits per heavy atom. The van der Waals surface area contributed by atoms with Gasteiger partial charge in [-0.25, -0.2) is 14.8 Å². The van der Waals surface area contributed by atoms with Gasteiger partial charge in [-0.1, -0.05) is 0 Å². The lowest BCUT2D eigenvalue weighted by Gasteiger charge is -1.94. The van der Waals surface area contributed by atoms with Gasteiger partial charge >= 0.3 is 5.97 Å². The molecule has 0 aliphatic carbocycles. The second-order valence-electron chi connectivity index (χ2n) is 1.72. The van der Waals surface area contributed by atoms with E-state index in [-0.39, 0.29) is 5.69 Å². The summed E-state index contributed by atoms with van der Waals surface area (Å²) >= 11 is 0. The average Bonchev–Trinajstić information content (AvgIpc) is 2.05. The molecule has 0 fully saturated rings. The molecular weight excluding hydrogens is 151 g/mol. The topological polar surface area (TPSA) is 52.1 Å². The lowest BCUT2D eigenvalue weighted by Crippen LogP contribution is -2.04. The highest BCUT2D eigenvalue weighted by Gasteiger charge is 2.06. The van der Waals surface area contributed by atoms with Crippen LogP contribution in [0.4, 0.5) is 4.39 Å². The molecule has 0 aromatic carbocycles. The van der Waals surface area contributed by atoms with E-state index in [1.54, 1.807) is 0 Å². The first-order valence-corrected chi connectivity index (χ1v) is 2.80. The van der Waals surface area contributed by atoms with E-state index in [1.165, 1.54) is 7.11 Å². The molecule has 0 aliphatic rings. The van der Waals surface area contributed by atoms with Crippen molar-refractivity contribution in [2.24, 2.45) is 0 Å². The molecule has 11 heavy (non-hydrogen) atoms. The SMILES string of the molecule is COC(=O)c1cnc(F)cn1. The number of halogens is 1. The van der Waals surface area contributed by atoms with Crippen LogP contribution in [0.2, 0.25) is 0 Å². The third-order valence-corrected chi connectivity index (χ3v) is 1.01. The maximum Gasteiger partial charge on any atom is 0.358 e. The van der Waals surface area contributed by atoms with Crippen LogP contribution in [0.25, 0.3) is 0 Å². The second-order valence-corrected chi connectivity index (χ2v) is 1.72. The molecule has 0 bridgehead atoms. The summed E-state index contributed by atoms with van der Waals surface area (Å²) in [6.45, 7) is 0. The van der Waals surface area contributed by atoms with Gasteiger partial charge in [0.15, 0.2) is 5.69 Å². The van der Waals surface area contributed by atoms with Crippen LogP contribution in [0, 0.1) is 5.95 Å². The lowest BCUT2D eigenvalue weighted by atomic mass is 10.5. The van der Waals surface area contributed by atoms with Gasteiger partial charge in [-0.05, 0) is 0 Å². The van der Waals surface area contributed by atoms with Gasteiger partial charge < -0.3 is 4.74 Å². The number of carbonyl (C=O) groups excluding carboxylic acids is 1. The number of ether oxygens (including phenoxy) is 1. The van der Waals surface area contributed by atoms with Gasteiger partial charge in [0.05, 0.1) is 19.5 Å². The van der Waals surface area contributed by atoms with Crippen LogP contribution >= 0.6 is 0 Å². The van der Waals surface area contributed by atoms with Gasteiger partial charge in [-0.15, -0.1) is 0 Å². The number of nitrogens with zero attached hydrogens (tertiary/aromatic N) is 2. The Labute approximate surface area is 62.0 Å². The predicted molar refractivity (Wildman–Crippen MR) is 33.3 cm³/mol. The monoisotopic (exact) mass is 156 g/mol. The van der Waals surface area contributed by atoms with Crippen LogP contribution in [-0.4, -0.2) is 23.0 Å². The molecule has 0 amide bonds. The number of rotatable bonds is 1. The minimum Gasteiger partial charge on any atom is -0.464 e. The summed E-state index contributed by atoms with van der Waals surface area (Å²) in [7, 11) is 1.22. The second kappa shape index (κ2) is 3.05. The van der Waals surface area contributed by atoms with E-state index in [2.05, 4.69) is 14.7 Å². The molecule has 58 valence electrons. The van der Waals surface area contributed by atoms with Crippen LogP contribution in [0.5, 0.6) is 0 Å². The molecule has 0 saturated heterocycles. The van der Waals surface area contributed by atoms with Crippen LogP contribution in [0.15, 0.2) is 12.4 Å². The molecule has 5 heteroatoms. The Morgan fingerprint density at radius 1 is 1.55 bits per heavy atom. The fourth-order valence-electron chi connectivity index (χ4n) is 0.522. The minimum atomic E-state index is -0.724. The van der Waals surface area contributed by atoms with E-state index in [1.807, 2.05) is 0 Å². The lowest BCUT2D eigenvalue weighted by molar-refractivity contribution is 0.0593. The van der Waals surface area contributed by atoms with Crippen molar-refractivity contribution in [1.29, 1.82) is 0 Å². The van der Waals surface area contributed by atoms with Gasteiger partial charge in [0.1, 0.15) is 0 Å². The molecule has 0 saturated carbocycles. The molecule has 1 rings (SSSR count). The summed E-state index contributed by atoms with van der Waals surface area (Å²) in [5.41, 5.74) is -0.00565. The molecule has 0 radical (unpaired) electrons. The average molecular weight is 156 g/mol. The maximum absolute atomic E-state index is 12.1. The minimum absolute atomic E-state index is 0.00565. The van der Waals surface area contributed by atoms with Gasteiger partial charge in [-0.2, -0.15) is 4.39 Å². The van der Waals surface area contributed by atoms with Gasteiger partial charge in [0.2, 0.25) is 5.95 Å². The summed E-state index contributed by atoms with van der Waals surface area (Å²) in [5.74, 6) is -1.35. The van der Waals surface area contributed by atoms with Crippen LogP contribution in [0.1, 0.15) is 10.5 Å². The largest absolute Gasteiger partial charge is 0.464 e. The highest BCUT2D eigenvalue weighted by Crippen LogP contribution is 1.94. The highest BCUT2D eigenvalue weighted by atomic mass is 19.1. The summed E-state index contributed by atoms with van der Waals surface area (Å²) in [4.78, 5) is 17.3. The summed E-state index contributed by atoms with van der Waals surface area (Å²) in [5, 5.41) is 0. The molecule has 1 heterocycles. The molecular formula is C6H5FN2O2. The number of carbonyl (C=O) groups is 1. The first-order valence-electron chi connectivity index (χ1n) is 2.80. The third kappa shape index (κ3) is 1.70. The number of esters is 1. The fraction of sp³-hybridized carbons (Fsp3) is 0.167. The first kappa shape index (κ1) is 7.59. The van der Waals surface area contributed by atoms with Crippen LogP contribution < -0.4 is 0 Å². The smallest absolute Gasteiger partial charge is 0.358 e. The van der Waals surface area contributed by atoms with E-state index >= 15 is 0 Å². The van der Waals surface area contributed by atoms with Gasteiger partial charge in [0, 0.05) is 0 Å². The van der Waals surface area contributed by atoms with E-state index in [4.69, 9.17) is 0 Å². The number of aromatic nitrogens is 2. The fourth-order valence-corrected chi connectivity index (χ4v) is 0.522. The Balaban J connectivity index is 2.90. The van der Waals surface area contributed by atoms with Crippen molar-refractivity contribution in [2.45, 2.75) is 0 Å². The molecule has 0 unspecified atom stereocenters. The Kier molecular flexibility index (Phi) is 2.10. The Morgan fingerprint density at radius 3 is 2.73 bits per heavy atom. The van der Waals surface area contributed by atoms with Gasteiger partial charge in [0.25, 0.3) is 0 Å². The Hall–Kier alpha value is -1.52. The summed E-state index contributed by atoms with van der Waals surface area (Å²) in [6.07, 6.45) is 1.87. The molecule has 0 atom stereocenters. The van der Waals surface area contributed by atoms with E-state index in [0.717, 1.165) is 12.4 Å². The van der Waals surface area contributed by atoms with Gasteiger partial charge in [-0.3, -0.25) is 0 Å². The van der Waals surface area contributed by atoms with Crippen molar-refractivity contribution in [3.05, 3.63) is 24.0 Å².